The molecule has 4 nitrogen and oxygen atoms in total. The standard InChI is InChI=1S/C16H25ClN2O2/c1-10(17)14(20)18-2-3-19-15(21)16-7-11-4-12(8-16)6-13(5-11)9-16/h10-13H,2-9H2,1H3,(H,18,20)(H,19,21). The van der Waals surface area contributed by atoms with Crippen LogP contribution in [0.3, 0.4) is 0 Å². The van der Waals surface area contributed by atoms with Gasteiger partial charge in [-0.05, 0) is 63.2 Å². The van der Waals surface area contributed by atoms with Crippen LogP contribution in [0, 0.1) is 23.2 Å². The van der Waals surface area contributed by atoms with Gasteiger partial charge in [-0.3, -0.25) is 9.59 Å². The van der Waals surface area contributed by atoms with Crippen LogP contribution in [0.1, 0.15) is 45.4 Å². The van der Waals surface area contributed by atoms with Crippen molar-refractivity contribution in [2.45, 2.75) is 50.8 Å². The van der Waals surface area contributed by atoms with E-state index in [1.54, 1.807) is 6.92 Å². The first-order valence-electron chi connectivity index (χ1n) is 8.18. The van der Waals surface area contributed by atoms with Crippen molar-refractivity contribution in [3.63, 3.8) is 0 Å². The van der Waals surface area contributed by atoms with E-state index in [9.17, 15) is 9.59 Å². The highest BCUT2D eigenvalue weighted by Crippen LogP contribution is 2.60. The quantitative estimate of drug-likeness (QED) is 0.603. The van der Waals surface area contributed by atoms with Crippen LogP contribution in [0.15, 0.2) is 0 Å². The molecule has 0 radical (unpaired) electrons. The second-order valence-electron chi connectivity index (χ2n) is 7.36. The minimum absolute atomic E-state index is 0.0987. The van der Waals surface area contributed by atoms with Gasteiger partial charge in [0.1, 0.15) is 5.38 Å². The average molecular weight is 313 g/mol. The monoisotopic (exact) mass is 312 g/mol. The fraction of sp³-hybridized carbons (Fsp3) is 0.875. The zero-order valence-corrected chi connectivity index (χ0v) is 13.4. The van der Waals surface area contributed by atoms with Gasteiger partial charge in [0, 0.05) is 18.5 Å². The molecule has 0 heterocycles. The van der Waals surface area contributed by atoms with Gasteiger partial charge in [-0.15, -0.1) is 11.6 Å². The van der Waals surface area contributed by atoms with Crippen molar-refractivity contribution in [2.24, 2.45) is 23.2 Å². The average Bonchev–Trinajstić information content (AvgIpc) is 2.41. The number of hydrogen-bond acceptors (Lipinski definition) is 2. The van der Waals surface area contributed by atoms with Crippen molar-refractivity contribution >= 4 is 23.4 Å². The van der Waals surface area contributed by atoms with E-state index in [1.807, 2.05) is 0 Å². The molecule has 0 aromatic heterocycles. The molecule has 1 unspecified atom stereocenters. The van der Waals surface area contributed by atoms with Gasteiger partial charge in [0.05, 0.1) is 0 Å². The van der Waals surface area contributed by atoms with Crippen LogP contribution in [0.4, 0.5) is 0 Å². The lowest BCUT2D eigenvalue weighted by molar-refractivity contribution is -0.146. The number of rotatable bonds is 5. The van der Waals surface area contributed by atoms with Crippen LogP contribution in [0.25, 0.3) is 0 Å². The van der Waals surface area contributed by atoms with Crippen LogP contribution in [0.2, 0.25) is 0 Å². The van der Waals surface area contributed by atoms with Gasteiger partial charge >= 0.3 is 0 Å². The Morgan fingerprint density at radius 2 is 1.52 bits per heavy atom. The smallest absolute Gasteiger partial charge is 0.237 e. The van der Waals surface area contributed by atoms with Crippen molar-refractivity contribution < 1.29 is 9.59 Å². The maximum atomic E-state index is 12.6. The van der Waals surface area contributed by atoms with E-state index < -0.39 is 5.38 Å². The summed E-state index contributed by atoms with van der Waals surface area (Å²) in [6.45, 7) is 2.59. The summed E-state index contributed by atoms with van der Waals surface area (Å²) in [5, 5.41) is 5.24. The van der Waals surface area contributed by atoms with Crippen molar-refractivity contribution in [3.8, 4) is 0 Å². The summed E-state index contributed by atoms with van der Waals surface area (Å²) in [6.07, 6.45) is 7.27. The Bertz CT molecular complexity index is 401. The third-order valence-electron chi connectivity index (χ3n) is 5.59. The molecule has 4 aliphatic carbocycles. The molecule has 0 aliphatic heterocycles. The molecule has 2 amide bonds. The topological polar surface area (TPSA) is 58.2 Å². The first-order valence-corrected chi connectivity index (χ1v) is 8.62. The fourth-order valence-electron chi connectivity index (χ4n) is 5.08. The van der Waals surface area contributed by atoms with Gasteiger partial charge in [-0.2, -0.15) is 0 Å². The van der Waals surface area contributed by atoms with Crippen molar-refractivity contribution in [1.82, 2.24) is 10.6 Å². The van der Waals surface area contributed by atoms with E-state index in [1.165, 1.54) is 19.3 Å². The predicted octanol–water partition coefficient (Wildman–Crippen LogP) is 2.06. The number of amides is 2. The minimum Gasteiger partial charge on any atom is -0.354 e. The summed E-state index contributed by atoms with van der Waals surface area (Å²) in [5.74, 6) is 2.37. The molecule has 4 fully saturated rings. The highest BCUT2D eigenvalue weighted by Gasteiger charge is 2.54. The van der Waals surface area contributed by atoms with Crippen LogP contribution < -0.4 is 10.6 Å². The summed E-state index contributed by atoms with van der Waals surface area (Å²) < 4.78 is 0. The number of carbonyl (C=O) groups is 2. The van der Waals surface area contributed by atoms with Crippen molar-refractivity contribution in [2.75, 3.05) is 13.1 Å². The Hall–Kier alpha value is -0.770. The minimum atomic E-state index is -0.524. The van der Waals surface area contributed by atoms with E-state index in [4.69, 9.17) is 11.6 Å². The van der Waals surface area contributed by atoms with E-state index in [2.05, 4.69) is 10.6 Å². The molecule has 0 aromatic rings. The first kappa shape index (κ1) is 15.1. The lowest BCUT2D eigenvalue weighted by atomic mass is 9.49. The first-order chi connectivity index (χ1) is 9.98. The highest BCUT2D eigenvalue weighted by molar-refractivity contribution is 6.30. The molecule has 0 spiro atoms. The molecule has 4 rings (SSSR count). The second kappa shape index (κ2) is 5.79. The lowest BCUT2D eigenvalue weighted by Gasteiger charge is -2.55. The Labute approximate surface area is 131 Å². The number of hydrogen-bond donors (Lipinski definition) is 2. The molecule has 4 bridgehead atoms. The van der Waals surface area contributed by atoms with Crippen molar-refractivity contribution in [3.05, 3.63) is 0 Å². The normalized spacial score (nSPS) is 38.1. The van der Waals surface area contributed by atoms with E-state index in [0.29, 0.717) is 13.1 Å². The summed E-state index contributed by atoms with van der Waals surface area (Å²) in [7, 11) is 0. The van der Waals surface area contributed by atoms with Crippen LogP contribution in [-0.2, 0) is 9.59 Å². The number of halogens is 1. The molecule has 118 valence electrons. The molecular formula is C16H25ClN2O2. The molecule has 4 aliphatic rings. The Morgan fingerprint density at radius 1 is 1.05 bits per heavy atom. The molecular weight excluding hydrogens is 288 g/mol. The second-order valence-corrected chi connectivity index (χ2v) is 8.02. The van der Waals surface area contributed by atoms with Crippen LogP contribution >= 0.6 is 11.6 Å². The van der Waals surface area contributed by atoms with E-state index in [-0.39, 0.29) is 17.2 Å². The fourth-order valence-corrected chi connectivity index (χ4v) is 5.16. The highest BCUT2D eigenvalue weighted by atomic mass is 35.5. The zero-order valence-electron chi connectivity index (χ0n) is 12.7. The van der Waals surface area contributed by atoms with Gasteiger partial charge in [-0.1, -0.05) is 0 Å². The molecule has 5 heteroatoms. The Morgan fingerprint density at radius 3 is 2.00 bits per heavy atom. The zero-order chi connectivity index (χ0) is 15.0. The Balaban J connectivity index is 1.48. The molecule has 4 saturated carbocycles. The van der Waals surface area contributed by atoms with Gasteiger partial charge in [0.2, 0.25) is 11.8 Å². The van der Waals surface area contributed by atoms with Crippen molar-refractivity contribution in [1.29, 1.82) is 0 Å². The summed E-state index contributed by atoms with van der Waals surface area (Å²) >= 11 is 5.68. The number of carbonyl (C=O) groups excluding carboxylic acids is 2. The van der Waals surface area contributed by atoms with Gasteiger partial charge < -0.3 is 10.6 Å². The third-order valence-corrected chi connectivity index (χ3v) is 5.79. The van der Waals surface area contributed by atoms with E-state index in [0.717, 1.165) is 37.0 Å². The summed E-state index contributed by atoms with van der Waals surface area (Å²) in [4.78, 5) is 24.0. The van der Waals surface area contributed by atoms with Gasteiger partial charge in [0.15, 0.2) is 0 Å². The molecule has 0 aromatic carbocycles. The summed E-state index contributed by atoms with van der Waals surface area (Å²) in [5.41, 5.74) is -0.0987. The molecule has 0 saturated heterocycles. The largest absolute Gasteiger partial charge is 0.354 e. The lowest BCUT2D eigenvalue weighted by Crippen LogP contribution is -2.54. The maximum Gasteiger partial charge on any atom is 0.237 e. The maximum absolute atomic E-state index is 12.6. The Kier molecular flexibility index (Phi) is 4.17. The number of alkyl halides is 1. The van der Waals surface area contributed by atoms with Crippen LogP contribution in [0.5, 0.6) is 0 Å². The SMILES string of the molecule is CC(Cl)C(=O)NCCNC(=O)C12CC3CC(CC(C3)C1)C2. The third kappa shape index (κ3) is 3.05. The molecule has 1 atom stereocenters. The van der Waals surface area contributed by atoms with Gasteiger partial charge in [-0.25, -0.2) is 0 Å². The van der Waals surface area contributed by atoms with Crippen LogP contribution in [-0.4, -0.2) is 30.3 Å². The summed E-state index contributed by atoms with van der Waals surface area (Å²) in [6, 6.07) is 0. The molecule has 21 heavy (non-hydrogen) atoms. The van der Waals surface area contributed by atoms with E-state index >= 15 is 0 Å². The predicted molar refractivity (Wildman–Crippen MR) is 81.9 cm³/mol. The molecule has 2 N–H and O–H groups in total. The number of nitrogens with one attached hydrogen (secondary N) is 2. The van der Waals surface area contributed by atoms with Gasteiger partial charge in [0.25, 0.3) is 0 Å².